The Labute approximate surface area is 121 Å². The minimum absolute atomic E-state index is 0.0437. The molecule has 0 spiro atoms. The summed E-state index contributed by atoms with van der Waals surface area (Å²) >= 11 is 0. The van der Waals surface area contributed by atoms with E-state index in [0.29, 0.717) is 0 Å². The average Bonchev–Trinajstić information content (AvgIpc) is 2.37. The van der Waals surface area contributed by atoms with E-state index in [2.05, 4.69) is 24.8 Å². The van der Waals surface area contributed by atoms with Crippen molar-refractivity contribution >= 4 is 0 Å². The van der Waals surface area contributed by atoms with Gasteiger partial charge in [-0.3, -0.25) is 4.90 Å². The molecule has 0 aromatic heterocycles. The summed E-state index contributed by atoms with van der Waals surface area (Å²) < 4.78 is 11.3. The Bertz CT molecular complexity index is 438. The van der Waals surface area contributed by atoms with Crippen LogP contribution in [0.2, 0.25) is 0 Å². The Morgan fingerprint density at radius 3 is 2.55 bits per heavy atom. The molecule has 2 N–H and O–H groups in total. The number of rotatable bonds is 4. The molecule has 0 radical (unpaired) electrons. The summed E-state index contributed by atoms with van der Waals surface area (Å²) in [5.41, 5.74) is 8.32. The normalized spacial score (nSPS) is 25.4. The number of methoxy groups -OCH3 is 1. The largest absolute Gasteiger partial charge is 0.496 e. The van der Waals surface area contributed by atoms with E-state index in [-0.39, 0.29) is 18.2 Å². The molecule has 1 aromatic rings. The monoisotopic (exact) mass is 278 g/mol. The van der Waals surface area contributed by atoms with Crippen LogP contribution in [0.4, 0.5) is 0 Å². The molecule has 2 rings (SSSR count). The number of hydrogen-bond donors (Lipinski definition) is 1. The van der Waals surface area contributed by atoms with Gasteiger partial charge < -0.3 is 15.2 Å². The molecule has 1 fully saturated rings. The summed E-state index contributed by atoms with van der Waals surface area (Å²) in [7, 11) is 1.72. The number of morpholine rings is 1. The van der Waals surface area contributed by atoms with Gasteiger partial charge in [0.15, 0.2) is 0 Å². The molecule has 1 heterocycles. The van der Waals surface area contributed by atoms with Crippen LogP contribution in [-0.4, -0.2) is 37.3 Å². The fourth-order valence-electron chi connectivity index (χ4n) is 2.86. The predicted molar refractivity (Wildman–Crippen MR) is 80.9 cm³/mol. The van der Waals surface area contributed by atoms with Gasteiger partial charge in [0.2, 0.25) is 0 Å². The predicted octanol–water partition coefficient (Wildman–Crippen LogP) is 2.32. The van der Waals surface area contributed by atoms with Crippen molar-refractivity contribution in [2.75, 3.05) is 20.2 Å². The minimum Gasteiger partial charge on any atom is -0.496 e. The van der Waals surface area contributed by atoms with Gasteiger partial charge in [0.1, 0.15) is 5.75 Å². The molecule has 1 aliphatic rings. The summed E-state index contributed by atoms with van der Waals surface area (Å²) in [6, 6.07) is 6.26. The third kappa shape index (κ3) is 3.72. The summed E-state index contributed by atoms with van der Waals surface area (Å²) in [6.45, 7) is 9.04. The van der Waals surface area contributed by atoms with Crippen LogP contribution in [0.3, 0.4) is 0 Å². The molecule has 1 aromatic carbocycles. The van der Waals surface area contributed by atoms with Crippen LogP contribution in [-0.2, 0) is 11.3 Å². The van der Waals surface area contributed by atoms with E-state index >= 15 is 0 Å². The van der Waals surface area contributed by atoms with Crippen molar-refractivity contribution < 1.29 is 9.47 Å². The molecule has 20 heavy (non-hydrogen) atoms. The first-order chi connectivity index (χ1) is 9.49. The zero-order valence-corrected chi connectivity index (χ0v) is 12.9. The Hall–Kier alpha value is -1.10. The molecule has 0 aliphatic carbocycles. The van der Waals surface area contributed by atoms with E-state index in [4.69, 9.17) is 15.2 Å². The van der Waals surface area contributed by atoms with Crippen LogP contribution in [0, 0.1) is 0 Å². The lowest BCUT2D eigenvalue weighted by atomic mass is 10.0. The first-order valence-corrected chi connectivity index (χ1v) is 7.29. The maximum absolute atomic E-state index is 5.98. The first-order valence-electron chi connectivity index (χ1n) is 7.29. The van der Waals surface area contributed by atoms with Crippen LogP contribution in [0.25, 0.3) is 0 Å². The molecular formula is C16H26N2O2. The number of ether oxygens (including phenoxy) is 2. The van der Waals surface area contributed by atoms with Gasteiger partial charge in [0.25, 0.3) is 0 Å². The third-order valence-electron chi connectivity index (χ3n) is 3.72. The summed E-state index contributed by atoms with van der Waals surface area (Å²) in [6.07, 6.45) is 0.558. The fourth-order valence-corrected chi connectivity index (χ4v) is 2.86. The van der Waals surface area contributed by atoms with E-state index in [9.17, 15) is 0 Å². The van der Waals surface area contributed by atoms with E-state index in [0.717, 1.165) is 30.9 Å². The lowest BCUT2D eigenvalue weighted by Gasteiger charge is -2.35. The van der Waals surface area contributed by atoms with Crippen LogP contribution >= 0.6 is 0 Å². The summed E-state index contributed by atoms with van der Waals surface area (Å²) in [4.78, 5) is 2.42. The summed E-state index contributed by atoms with van der Waals surface area (Å²) in [5.74, 6) is 0.932. The van der Waals surface area contributed by atoms with Crippen molar-refractivity contribution in [2.24, 2.45) is 5.73 Å². The van der Waals surface area contributed by atoms with Crippen molar-refractivity contribution in [1.29, 1.82) is 0 Å². The number of nitrogens with two attached hydrogens (primary N) is 1. The van der Waals surface area contributed by atoms with Gasteiger partial charge in [-0.15, -0.1) is 0 Å². The Morgan fingerprint density at radius 1 is 1.35 bits per heavy atom. The van der Waals surface area contributed by atoms with Crippen LogP contribution < -0.4 is 10.5 Å². The molecule has 112 valence electrons. The molecule has 4 heteroatoms. The second-order valence-corrected chi connectivity index (χ2v) is 5.81. The quantitative estimate of drug-likeness (QED) is 0.918. The highest BCUT2D eigenvalue weighted by molar-refractivity contribution is 5.38. The molecule has 0 bridgehead atoms. The molecule has 3 unspecified atom stereocenters. The van der Waals surface area contributed by atoms with E-state index in [1.165, 1.54) is 5.56 Å². The Kier molecular flexibility index (Phi) is 5.02. The highest BCUT2D eigenvalue weighted by Gasteiger charge is 2.23. The third-order valence-corrected chi connectivity index (χ3v) is 3.72. The van der Waals surface area contributed by atoms with Crippen molar-refractivity contribution in [3.63, 3.8) is 0 Å². The van der Waals surface area contributed by atoms with Gasteiger partial charge >= 0.3 is 0 Å². The lowest BCUT2D eigenvalue weighted by molar-refractivity contribution is -0.0706. The Balaban J connectivity index is 2.16. The smallest absolute Gasteiger partial charge is 0.123 e. The molecule has 0 saturated carbocycles. The first kappa shape index (κ1) is 15.3. The molecule has 0 amide bonds. The highest BCUT2D eigenvalue weighted by atomic mass is 16.5. The van der Waals surface area contributed by atoms with Crippen molar-refractivity contribution in [2.45, 2.75) is 45.6 Å². The van der Waals surface area contributed by atoms with Crippen molar-refractivity contribution in [1.82, 2.24) is 4.90 Å². The van der Waals surface area contributed by atoms with Gasteiger partial charge in [-0.1, -0.05) is 6.07 Å². The van der Waals surface area contributed by atoms with Gasteiger partial charge in [0.05, 0.1) is 19.3 Å². The standard InChI is InChI=1S/C16H26N2O2/c1-11-8-18(9-12(2)20-11)10-15-7-14(13(3)17)5-6-16(15)19-4/h5-7,11-13H,8-10,17H2,1-4H3. The lowest BCUT2D eigenvalue weighted by Crippen LogP contribution is -2.44. The number of benzene rings is 1. The Morgan fingerprint density at radius 2 is 2.00 bits per heavy atom. The molecule has 1 saturated heterocycles. The zero-order valence-electron chi connectivity index (χ0n) is 12.9. The topological polar surface area (TPSA) is 47.7 Å². The highest BCUT2D eigenvalue weighted by Crippen LogP contribution is 2.25. The zero-order chi connectivity index (χ0) is 14.7. The molecule has 1 aliphatic heterocycles. The molecular weight excluding hydrogens is 252 g/mol. The van der Waals surface area contributed by atoms with Crippen LogP contribution in [0.1, 0.15) is 37.9 Å². The van der Waals surface area contributed by atoms with E-state index in [1.54, 1.807) is 7.11 Å². The average molecular weight is 278 g/mol. The van der Waals surface area contributed by atoms with Crippen LogP contribution in [0.15, 0.2) is 18.2 Å². The maximum Gasteiger partial charge on any atom is 0.123 e. The van der Waals surface area contributed by atoms with Gasteiger partial charge in [-0.2, -0.15) is 0 Å². The van der Waals surface area contributed by atoms with Gasteiger partial charge in [0, 0.05) is 31.2 Å². The maximum atomic E-state index is 5.98. The van der Waals surface area contributed by atoms with E-state index in [1.807, 2.05) is 19.1 Å². The fraction of sp³-hybridized carbons (Fsp3) is 0.625. The van der Waals surface area contributed by atoms with Crippen molar-refractivity contribution in [3.05, 3.63) is 29.3 Å². The molecule has 4 nitrogen and oxygen atoms in total. The SMILES string of the molecule is COc1ccc(C(C)N)cc1CN1CC(C)OC(C)C1. The van der Waals surface area contributed by atoms with E-state index < -0.39 is 0 Å². The number of hydrogen-bond acceptors (Lipinski definition) is 4. The second-order valence-electron chi connectivity index (χ2n) is 5.81. The molecule has 3 atom stereocenters. The number of nitrogens with zero attached hydrogens (tertiary/aromatic N) is 1. The van der Waals surface area contributed by atoms with Gasteiger partial charge in [-0.05, 0) is 38.5 Å². The second kappa shape index (κ2) is 6.57. The summed E-state index contributed by atoms with van der Waals surface area (Å²) in [5, 5.41) is 0. The van der Waals surface area contributed by atoms with Crippen molar-refractivity contribution in [3.8, 4) is 5.75 Å². The van der Waals surface area contributed by atoms with Gasteiger partial charge in [-0.25, -0.2) is 0 Å². The minimum atomic E-state index is 0.0437. The van der Waals surface area contributed by atoms with Crippen LogP contribution in [0.5, 0.6) is 5.75 Å².